The van der Waals surface area contributed by atoms with Gasteiger partial charge in [0.1, 0.15) is 17.4 Å². The molecule has 0 unspecified atom stereocenters. The maximum absolute atomic E-state index is 12.5. The van der Waals surface area contributed by atoms with Gasteiger partial charge in [0.15, 0.2) is 0 Å². The first-order valence-electron chi connectivity index (χ1n) is 9.48. The summed E-state index contributed by atoms with van der Waals surface area (Å²) in [4.78, 5) is 14.7. The van der Waals surface area contributed by atoms with Crippen molar-refractivity contribution in [3.63, 3.8) is 0 Å². The first-order chi connectivity index (χ1) is 12.6. The Balaban J connectivity index is 2.21. The molecule has 1 aliphatic carbocycles. The highest BCUT2D eigenvalue weighted by Crippen LogP contribution is 2.27. The van der Waals surface area contributed by atoms with Crippen molar-refractivity contribution in [2.24, 2.45) is 0 Å². The van der Waals surface area contributed by atoms with Gasteiger partial charge in [-0.15, -0.1) is 0 Å². The summed E-state index contributed by atoms with van der Waals surface area (Å²) in [5.41, 5.74) is 1.91. The van der Waals surface area contributed by atoms with Crippen molar-refractivity contribution >= 4 is 17.7 Å². The molecule has 0 aromatic heterocycles. The van der Waals surface area contributed by atoms with E-state index < -0.39 is 0 Å². The minimum absolute atomic E-state index is 0.115. The third-order valence-electron chi connectivity index (χ3n) is 4.95. The molecule has 0 heterocycles. The minimum Gasteiger partial charge on any atom is -0.496 e. The molecule has 1 fully saturated rings. The highest BCUT2D eigenvalue weighted by atomic mass is 16.5. The van der Waals surface area contributed by atoms with Gasteiger partial charge in [-0.3, -0.25) is 4.79 Å². The van der Waals surface area contributed by atoms with Gasteiger partial charge in [-0.1, -0.05) is 19.3 Å². The normalized spacial score (nSPS) is 15.2. The van der Waals surface area contributed by atoms with E-state index in [0.29, 0.717) is 5.75 Å². The predicted octanol–water partition coefficient (Wildman–Crippen LogP) is 3.90. The highest BCUT2D eigenvalue weighted by Gasteiger charge is 2.18. The number of nitrogens with one attached hydrogen (secondary N) is 1. The third kappa shape index (κ3) is 5.01. The van der Waals surface area contributed by atoms with Crippen molar-refractivity contribution in [1.82, 2.24) is 5.32 Å². The Hall–Kier alpha value is -2.48. The first-order valence-corrected chi connectivity index (χ1v) is 9.48. The summed E-state index contributed by atoms with van der Waals surface area (Å²) in [6.07, 6.45) is 7.10. The summed E-state index contributed by atoms with van der Waals surface area (Å²) in [5, 5.41) is 12.4. The van der Waals surface area contributed by atoms with E-state index in [0.717, 1.165) is 50.0 Å². The Morgan fingerprint density at radius 2 is 2.00 bits per heavy atom. The lowest BCUT2D eigenvalue weighted by molar-refractivity contribution is -0.117. The average Bonchev–Trinajstić information content (AvgIpc) is 2.68. The number of hydrogen-bond donors (Lipinski definition) is 1. The Labute approximate surface area is 156 Å². The van der Waals surface area contributed by atoms with Crippen LogP contribution in [0.1, 0.15) is 51.5 Å². The summed E-state index contributed by atoms with van der Waals surface area (Å²) in [6, 6.07) is 8.06. The number of carbonyl (C=O) groups excluding carboxylic acids is 1. The van der Waals surface area contributed by atoms with Crippen LogP contribution in [0.25, 0.3) is 6.08 Å². The first kappa shape index (κ1) is 19.8. The third-order valence-corrected chi connectivity index (χ3v) is 4.95. The highest BCUT2D eigenvalue weighted by molar-refractivity contribution is 6.02. The van der Waals surface area contributed by atoms with Gasteiger partial charge in [0.2, 0.25) is 0 Å². The average molecular weight is 355 g/mol. The predicted molar refractivity (Wildman–Crippen MR) is 105 cm³/mol. The van der Waals surface area contributed by atoms with E-state index in [2.05, 4.69) is 24.1 Å². The number of nitrogens with zero attached hydrogens (tertiary/aromatic N) is 2. The fourth-order valence-corrected chi connectivity index (χ4v) is 3.42. The standard InChI is InChI=1S/C21H29N3O2/c1-4-24(5-2)19-12-11-16(20(14-19)26-3)13-17(15-22)21(25)23-18-9-7-6-8-10-18/h11-14,18H,4-10H2,1-3H3,(H,23,25)/b17-13-. The molecule has 5 nitrogen and oxygen atoms in total. The molecular formula is C21H29N3O2. The van der Waals surface area contributed by atoms with E-state index in [1.165, 1.54) is 6.42 Å². The summed E-state index contributed by atoms with van der Waals surface area (Å²) >= 11 is 0. The zero-order valence-electron chi connectivity index (χ0n) is 16.0. The van der Waals surface area contributed by atoms with E-state index in [1.54, 1.807) is 13.2 Å². The van der Waals surface area contributed by atoms with Crippen LogP contribution in [0.3, 0.4) is 0 Å². The smallest absolute Gasteiger partial charge is 0.262 e. The largest absolute Gasteiger partial charge is 0.496 e. The lowest BCUT2D eigenvalue weighted by atomic mass is 9.95. The fraction of sp³-hybridized carbons (Fsp3) is 0.524. The van der Waals surface area contributed by atoms with Gasteiger partial charge >= 0.3 is 0 Å². The molecule has 1 saturated carbocycles. The molecule has 0 atom stereocenters. The molecule has 26 heavy (non-hydrogen) atoms. The molecule has 1 aromatic carbocycles. The lowest BCUT2D eigenvalue weighted by Gasteiger charge is -2.23. The number of hydrogen-bond acceptors (Lipinski definition) is 4. The van der Waals surface area contributed by atoms with Gasteiger partial charge in [0.05, 0.1) is 7.11 Å². The number of methoxy groups -OCH3 is 1. The van der Waals surface area contributed by atoms with Crippen molar-refractivity contribution in [2.75, 3.05) is 25.1 Å². The van der Waals surface area contributed by atoms with Gasteiger partial charge in [-0.25, -0.2) is 0 Å². The molecule has 0 aliphatic heterocycles. The number of anilines is 1. The zero-order valence-corrected chi connectivity index (χ0v) is 16.0. The second kappa shape index (κ2) is 9.86. The number of ether oxygens (including phenoxy) is 1. The van der Waals surface area contributed by atoms with E-state index in [1.807, 2.05) is 24.3 Å². The summed E-state index contributed by atoms with van der Waals surface area (Å²) < 4.78 is 5.49. The number of rotatable bonds is 7. The number of benzene rings is 1. The van der Waals surface area contributed by atoms with E-state index in [4.69, 9.17) is 4.74 Å². The molecule has 5 heteroatoms. The van der Waals surface area contributed by atoms with E-state index in [-0.39, 0.29) is 17.5 Å². The van der Waals surface area contributed by atoms with Crippen LogP contribution in [0.5, 0.6) is 5.75 Å². The quantitative estimate of drug-likeness (QED) is 0.595. The SMILES string of the molecule is CCN(CC)c1ccc(/C=C(/C#N)C(=O)NC2CCCCC2)c(OC)c1. The molecule has 1 aromatic rings. The molecule has 1 N–H and O–H groups in total. The maximum Gasteiger partial charge on any atom is 0.262 e. The molecular weight excluding hydrogens is 326 g/mol. The van der Waals surface area contributed by atoms with Crippen LogP contribution < -0.4 is 15.0 Å². The summed E-state index contributed by atoms with van der Waals surface area (Å²) in [5.74, 6) is 0.363. The molecule has 0 saturated heterocycles. The van der Waals surface area contributed by atoms with E-state index >= 15 is 0 Å². The fourth-order valence-electron chi connectivity index (χ4n) is 3.42. The minimum atomic E-state index is -0.297. The topological polar surface area (TPSA) is 65.4 Å². The molecule has 140 valence electrons. The van der Waals surface area contributed by atoms with E-state index in [9.17, 15) is 10.1 Å². The monoisotopic (exact) mass is 355 g/mol. The summed E-state index contributed by atoms with van der Waals surface area (Å²) in [7, 11) is 1.60. The second-order valence-electron chi connectivity index (χ2n) is 6.58. The van der Waals surface area contributed by atoms with Crippen LogP contribution in [0.4, 0.5) is 5.69 Å². The van der Waals surface area contributed by atoms with Gasteiger partial charge in [0, 0.05) is 36.4 Å². The van der Waals surface area contributed by atoms with Crippen molar-refractivity contribution in [3.05, 3.63) is 29.3 Å². The van der Waals surface area contributed by atoms with Crippen LogP contribution in [0.15, 0.2) is 23.8 Å². The van der Waals surface area contributed by atoms with Gasteiger partial charge in [-0.05, 0) is 44.9 Å². The molecule has 0 radical (unpaired) electrons. The summed E-state index contributed by atoms with van der Waals surface area (Å²) in [6.45, 7) is 6.02. The molecule has 1 amide bonds. The van der Waals surface area contributed by atoms with Crippen molar-refractivity contribution < 1.29 is 9.53 Å². The number of amides is 1. The van der Waals surface area contributed by atoms with Gasteiger partial charge in [-0.2, -0.15) is 5.26 Å². The van der Waals surface area contributed by atoms with Gasteiger partial charge in [0.25, 0.3) is 5.91 Å². The Morgan fingerprint density at radius 1 is 1.31 bits per heavy atom. The van der Waals surface area contributed by atoms with Gasteiger partial charge < -0.3 is 15.0 Å². The Kier molecular flexibility index (Phi) is 7.53. The van der Waals surface area contributed by atoms with Crippen molar-refractivity contribution in [1.29, 1.82) is 5.26 Å². The van der Waals surface area contributed by atoms with Crippen LogP contribution >= 0.6 is 0 Å². The van der Waals surface area contributed by atoms with Crippen LogP contribution in [-0.2, 0) is 4.79 Å². The lowest BCUT2D eigenvalue weighted by Crippen LogP contribution is -2.36. The van der Waals surface area contributed by atoms with Crippen LogP contribution in [0.2, 0.25) is 0 Å². The second-order valence-corrected chi connectivity index (χ2v) is 6.58. The number of carbonyl (C=O) groups is 1. The van der Waals surface area contributed by atoms with Crippen molar-refractivity contribution in [3.8, 4) is 11.8 Å². The number of nitriles is 1. The Morgan fingerprint density at radius 3 is 2.58 bits per heavy atom. The molecule has 2 rings (SSSR count). The van der Waals surface area contributed by atoms with Crippen LogP contribution in [0, 0.1) is 11.3 Å². The van der Waals surface area contributed by atoms with Crippen LogP contribution in [-0.4, -0.2) is 32.1 Å². The maximum atomic E-state index is 12.5. The molecule has 0 bridgehead atoms. The Bertz CT molecular complexity index is 681. The molecule has 0 spiro atoms. The zero-order chi connectivity index (χ0) is 18.9. The molecule has 1 aliphatic rings. The van der Waals surface area contributed by atoms with Crippen molar-refractivity contribution in [2.45, 2.75) is 52.0 Å².